The van der Waals surface area contributed by atoms with Crippen LogP contribution in [0.1, 0.15) is 37.5 Å². The van der Waals surface area contributed by atoms with E-state index < -0.39 is 0 Å². The van der Waals surface area contributed by atoms with Crippen LogP contribution in [0.4, 0.5) is 0 Å². The summed E-state index contributed by atoms with van der Waals surface area (Å²) in [6.45, 7) is 2.35. The molecule has 2 heterocycles. The number of nitrogens with one attached hydrogen (secondary N) is 1. The minimum Gasteiger partial charge on any atom is -0.325 e. The molecular weight excluding hydrogens is 234 g/mol. The first-order valence-electron chi connectivity index (χ1n) is 7.58. The van der Waals surface area contributed by atoms with Crippen LogP contribution in [0.2, 0.25) is 0 Å². The SMILES string of the molecule is c1ccc2c(c1)nc(CC1CCNCC1)n2C1CC1. The number of fused-ring (bicyclic) bond motifs is 1. The first-order chi connectivity index (χ1) is 9.42. The van der Waals surface area contributed by atoms with E-state index in [2.05, 4.69) is 34.1 Å². The van der Waals surface area contributed by atoms with E-state index in [4.69, 9.17) is 4.98 Å². The first kappa shape index (κ1) is 11.5. The topological polar surface area (TPSA) is 29.9 Å². The van der Waals surface area contributed by atoms with Crippen LogP contribution in [0.5, 0.6) is 0 Å². The van der Waals surface area contributed by atoms with E-state index in [0.29, 0.717) is 0 Å². The van der Waals surface area contributed by atoms with Crippen molar-refractivity contribution in [2.45, 2.75) is 38.1 Å². The Morgan fingerprint density at radius 3 is 2.68 bits per heavy atom. The van der Waals surface area contributed by atoms with Gasteiger partial charge in [-0.1, -0.05) is 12.1 Å². The summed E-state index contributed by atoms with van der Waals surface area (Å²) < 4.78 is 2.53. The van der Waals surface area contributed by atoms with Gasteiger partial charge in [0.05, 0.1) is 11.0 Å². The van der Waals surface area contributed by atoms with Crippen molar-refractivity contribution in [1.82, 2.24) is 14.9 Å². The number of benzene rings is 1. The molecule has 1 N–H and O–H groups in total. The van der Waals surface area contributed by atoms with Gasteiger partial charge >= 0.3 is 0 Å². The summed E-state index contributed by atoms with van der Waals surface area (Å²) in [5.41, 5.74) is 2.52. The molecule has 1 aliphatic heterocycles. The standard InChI is InChI=1S/C16H21N3/c1-2-4-15-14(3-1)18-16(19(15)13-5-6-13)11-12-7-9-17-10-8-12/h1-4,12-13,17H,5-11H2. The highest BCUT2D eigenvalue weighted by molar-refractivity contribution is 5.76. The second kappa shape index (κ2) is 4.64. The first-order valence-corrected chi connectivity index (χ1v) is 7.58. The molecule has 1 aromatic carbocycles. The molecule has 2 aliphatic rings. The molecule has 1 saturated carbocycles. The van der Waals surface area contributed by atoms with Crippen LogP contribution in [0, 0.1) is 5.92 Å². The van der Waals surface area contributed by atoms with E-state index in [-0.39, 0.29) is 0 Å². The van der Waals surface area contributed by atoms with E-state index in [1.54, 1.807) is 0 Å². The van der Waals surface area contributed by atoms with Gasteiger partial charge in [0.1, 0.15) is 5.82 Å². The zero-order chi connectivity index (χ0) is 12.7. The van der Waals surface area contributed by atoms with Crippen molar-refractivity contribution in [2.24, 2.45) is 5.92 Å². The van der Waals surface area contributed by atoms with Crippen molar-refractivity contribution < 1.29 is 0 Å². The van der Waals surface area contributed by atoms with Crippen molar-refractivity contribution in [3.05, 3.63) is 30.1 Å². The molecule has 1 saturated heterocycles. The fraction of sp³-hybridized carbons (Fsp3) is 0.562. The van der Waals surface area contributed by atoms with E-state index >= 15 is 0 Å². The predicted octanol–water partition coefficient (Wildman–Crippen LogP) is 2.91. The number of nitrogens with zero attached hydrogens (tertiary/aromatic N) is 2. The summed E-state index contributed by atoms with van der Waals surface area (Å²) >= 11 is 0. The molecule has 1 aromatic heterocycles. The summed E-state index contributed by atoms with van der Waals surface area (Å²) in [7, 11) is 0. The van der Waals surface area contributed by atoms with E-state index in [0.717, 1.165) is 18.4 Å². The van der Waals surface area contributed by atoms with Gasteiger partial charge in [0.2, 0.25) is 0 Å². The highest BCUT2D eigenvalue weighted by atomic mass is 15.1. The maximum absolute atomic E-state index is 4.91. The molecule has 0 amide bonds. The average molecular weight is 255 g/mol. The van der Waals surface area contributed by atoms with Crippen LogP contribution in [-0.2, 0) is 6.42 Å². The number of imidazole rings is 1. The summed E-state index contributed by atoms with van der Waals surface area (Å²) in [6, 6.07) is 9.34. The molecule has 2 aromatic rings. The smallest absolute Gasteiger partial charge is 0.110 e. The van der Waals surface area contributed by atoms with Gasteiger partial charge in [0.25, 0.3) is 0 Å². The normalized spacial score (nSPS) is 21.1. The number of rotatable bonds is 3. The molecule has 0 unspecified atom stereocenters. The maximum atomic E-state index is 4.91. The third-order valence-corrected chi connectivity index (χ3v) is 4.51. The van der Waals surface area contributed by atoms with Gasteiger partial charge in [-0.05, 0) is 56.8 Å². The van der Waals surface area contributed by atoms with Crippen molar-refractivity contribution in [3.63, 3.8) is 0 Å². The van der Waals surface area contributed by atoms with Gasteiger partial charge in [0, 0.05) is 12.5 Å². The molecule has 0 atom stereocenters. The number of piperidine rings is 1. The summed E-state index contributed by atoms with van der Waals surface area (Å²) in [4.78, 5) is 4.91. The van der Waals surface area contributed by atoms with Gasteiger partial charge in [0.15, 0.2) is 0 Å². The Labute approximate surface area is 114 Å². The summed E-state index contributed by atoms with van der Waals surface area (Å²) in [6.07, 6.45) is 6.42. The van der Waals surface area contributed by atoms with Gasteiger partial charge in [-0.25, -0.2) is 4.98 Å². The fourth-order valence-corrected chi connectivity index (χ4v) is 3.32. The van der Waals surface area contributed by atoms with Crippen LogP contribution < -0.4 is 5.32 Å². The molecule has 4 rings (SSSR count). The third-order valence-electron chi connectivity index (χ3n) is 4.51. The van der Waals surface area contributed by atoms with Gasteiger partial charge < -0.3 is 9.88 Å². The molecule has 3 nitrogen and oxygen atoms in total. The van der Waals surface area contributed by atoms with Gasteiger partial charge in [-0.3, -0.25) is 0 Å². The monoisotopic (exact) mass is 255 g/mol. The highest BCUT2D eigenvalue weighted by Gasteiger charge is 2.29. The minimum atomic E-state index is 0.726. The molecule has 100 valence electrons. The minimum absolute atomic E-state index is 0.726. The largest absolute Gasteiger partial charge is 0.325 e. The van der Waals surface area contributed by atoms with Crippen LogP contribution in [0.25, 0.3) is 11.0 Å². The fourth-order valence-electron chi connectivity index (χ4n) is 3.32. The number of para-hydroxylation sites is 2. The molecule has 0 bridgehead atoms. The lowest BCUT2D eigenvalue weighted by atomic mass is 9.94. The van der Waals surface area contributed by atoms with Crippen molar-refractivity contribution in [1.29, 1.82) is 0 Å². The average Bonchev–Trinajstić information content (AvgIpc) is 3.21. The molecule has 2 fully saturated rings. The lowest BCUT2D eigenvalue weighted by Gasteiger charge is -2.22. The summed E-state index contributed by atoms with van der Waals surface area (Å²) in [5.74, 6) is 2.14. The third kappa shape index (κ3) is 2.16. The molecule has 0 radical (unpaired) electrons. The van der Waals surface area contributed by atoms with Gasteiger partial charge in [-0.15, -0.1) is 0 Å². The second-order valence-electron chi connectivity index (χ2n) is 6.02. The zero-order valence-corrected chi connectivity index (χ0v) is 11.3. The van der Waals surface area contributed by atoms with E-state index in [1.165, 1.54) is 55.6 Å². The van der Waals surface area contributed by atoms with Gasteiger partial charge in [-0.2, -0.15) is 0 Å². The Balaban J connectivity index is 1.69. The number of hydrogen-bond acceptors (Lipinski definition) is 2. The number of hydrogen-bond donors (Lipinski definition) is 1. The molecule has 3 heteroatoms. The molecule has 19 heavy (non-hydrogen) atoms. The predicted molar refractivity (Wildman–Crippen MR) is 77.3 cm³/mol. The Hall–Kier alpha value is -1.35. The summed E-state index contributed by atoms with van der Waals surface area (Å²) in [5, 5.41) is 3.45. The van der Waals surface area contributed by atoms with Crippen LogP contribution in [0.15, 0.2) is 24.3 Å². The maximum Gasteiger partial charge on any atom is 0.110 e. The Morgan fingerprint density at radius 1 is 1.11 bits per heavy atom. The van der Waals surface area contributed by atoms with Crippen molar-refractivity contribution >= 4 is 11.0 Å². The second-order valence-corrected chi connectivity index (χ2v) is 6.02. The molecule has 1 aliphatic carbocycles. The van der Waals surface area contributed by atoms with Crippen molar-refractivity contribution in [2.75, 3.05) is 13.1 Å². The lowest BCUT2D eigenvalue weighted by molar-refractivity contribution is 0.363. The van der Waals surface area contributed by atoms with E-state index in [1.807, 2.05) is 0 Å². The van der Waals surface area contributed by atoms with Crippen LogP contribution in [-0.4, -0.2) is 22.6 Å². The Morgan fingerprint density at radius 2 is 1.89 bits per heavy atom. The quantitative estimate of drug-likeness (QED) is 0.914. The Bertz CT molecular complexity index is 577. The molecule has 0 spiro atoms. The van der Waals surface area contributed by atoms with Crippen LogP contribution >= 0.6 is 0 Å². The highest BCUT2D eigenvalue weighted by Crippen LogP contribution is 2.39. The van der Waals surface area contributed by atoms with Crippen molar-refractivity contribution in [3.8, 4) is 0 Å². The lowest BCUT2D eigenvalue weighted by Crippen LogP contribution is -2.29. The molecular formula is C16H21N3. The Kier molecular flexibility index (Phi) is 2.80. The zero-order valence-electron chi connectivity index (χ0n) is 11.3. The van der Waals surface area contributed by atoms with Crippen LogP contribution in [0.3, 0.4) is 0 Å². The number of aromatic nitrogens is 2. The van der Waals surface area contributed by atoms with E-state index in [9.17, 15) is 0 Å².